The Morgan fingerprint density at radius 2 is 0.409 bits per heavy atom. The molecule has 0 aromatic rings. The van der Waals surface area contributed by atoms with Crippen molar-refractivity contribution in [2.45, 2.75) is 328 Å². The maximum atomic E-state index is 10.5. The van der Waals surface area contributed by atoms with Gasteiger partial charge in [0.15, 0.2) is 25.2 Å². The Labute approximate surface area is 651 Å². The van der Waals surface area contributed by atoms with E-state index in [9.17, 15) is 81.7 Å². The molecule has 4 aliphatic heterocycles. The fourth-order valence-electron chi connectivity index (χ4n) is 12.9. The Kier molecular flexibility index (Phi) is 58.5. The zero-order valence-electron chi connectivity index (χ0n) is 65.7. The molecule has 4 aliphatic rings. The third-order valence-electron chi connectivity index (χ3n) is 19.8. The summed E-state index contributed by atoms with van der Waals surface area (Å²) in [6, 6.07) is 0. The van der Waals surface area contributed by atoms with Crippen LogP contribution in [0.15, 0.2) is 0 Å². The van der Waals surface area contributed by atoms with E-state index in [1.165, 1.54) is 128 Å². The third kappa shape index (κ3) is 41.4. The molecule has 16 N–H and O–H groups in total. The van der Waals surface area contributed by atoms with Gasteiger partial charge < -0.3 is 167 Å². The summed E-state index contributed by atoms with van der Waals surface area (Å²) in [5.74, 6) is 0. The van der Waals surface area contributed by atoms with Crippen LogP contribution < -0.4 is 0 Å². The lowest BCUT2D eigenvalue weighted by molar-refractivity contribution is -0.303. The minimum atomic E-state index is -1.67. The SMILES string of the molecule is CCCCCCCCCCCCCCOCC(COCCCCOC(COC(COCCO[C@H]1O[C@H](CO)[C@@H](O)[C@H](O)[C@@H]1O)COCCO[C@H]1O[C@H](CO)[C@@H](O)[C@H](O)[C@@H]1O)COC(COCCO[C@H]1O[C@H](CO)[C@@H](O)[C@H](O)[C@@H]1O)COCCO[C@H]1O[C@H](CO)[C@@H](O)[C@H](O)[C@@H]1O)OCCCCCCCCCCCCCC. The minimum absolute atomic E-state index is 0.123. The second-order valence-electron chi connectivity index (χ2n) is 29.1. The van der Waals surface area contributed by atoms with Crippen molar-refractivity contribution in [2.75, 3.05) is 159 Å². The first-order valence-electron chi connectivity index (χ1n) is 41.1. The summed E-state index contributed by atoms with van der Waals surface area (Å²) in [6.07, 6.45) is -1.88. The van der Waals surface area contributed by atoms with Crippen LogP contribution in [0, 0.1) is 0 Å². The summed E-state index contributed by atoms with van der Waals surface area (Å²) < 4.78 is 106. The topological polar surface area (TPSA) is 490 Å². The van der Waals surface area contributed by atoms with Crippen LogP contribution >= 0.6 is 0 Å². The van der Waals surface area contributed by atoms with Gasteiger partial charge in [-0.3, -0.25) is 0 Å². The average Bonchev–Trinajstić information content (AvgIpc) is 0.842. The van der Waals surface area contributed by atoms with Gasteiger partial charge in [-0.1, -0.05) is 155 Å². The van der Waals surface area contributed by atoms with Crippen LogP contribution in [0.1, 0.15) is 181 Å². The Balaban J connectivity index is 1.44. The number of ether oxygens (including phenoxy) is 18. The van der Waals surface area contributed by atoms with Crippen molar-refractivity contribution in [3.05, 3.63) is 0 Å². The second kappa shape index (κ2) is 63.7. The van der Waals surface area contributed by atoms with Gasteiger partial charge in [-0.15, -0.1) is 0 Å². The lowest BCUT2D eigenvalue weighted by atomic mass is 9.99. The summed E-state index contributed by atoms with van der Waals surface area (Å²) in [5.41, 5.74) is 0. The van der Waals surface area contributed by atoms with Gasteiger partial charge in [0.05, 0.1) is 132 Å². The van der Waals surface area contributed by atoms with Crippen molar-refractivity contribution in [1.82, 2.24) is 0 Å². The summed E-state index contributed by atoms with van der Waals surface area (Å²) in [6.45, 7) is 2.31. The van der Waals surface area contributed by atoms with E-state index in [0.717, 1.165) is 25.7 Å². The highest BCUT2D eigenvalue weighted by molar-refractivity contribution is 4.92. The van der Waals surface area contributed by atoms with E-state index in [-0.39, 0.29) is 105 Å². The zero-order valence-corrected chi connectivity index (χ0v) is 65.7. The van der Waals surface area contributed by atoms with E-state index in [0.29, 0.717) is 45.9 Å². The molecule has 4 fully saturated rings. The van der Waals surface area contributed by atoms with Crippen molar-refractivity contribution in [3.8, 4) is 0 Å². The lowest BCUT2D eigenvalue weighted by Gasteiger charge is -2.39. The molecular weight excluding hydrogens is 1460 g/mol. The predicted molar refractivity (Wildman–Crippen MR) is 394 cm³/mol. The lowest BCUT2D eigenvalue weighted by Crippen LogP contribution is -2.59. The molecule has 0 bridgehead atoms. The van der Waals surface area contributed by atoms with Crippen LogP contribution in [0.25, 0.3) is 0 Å². The van der Waals surface area contributed by atoms with Crippen molar-refractivity contribution < 1.29 is 167 Å². The number of hydrogen-bond acceptors (Lipinski definition) is 34. The molecule has 4 saturated heterocycles. The van der Waals surface area contributed by atoms with Crippen molar-refractivity contribution in [3.63, 3.8) is 0 Å². The molecule has 0 radical (unpaired) electrons. The van der Waals surface area contributed by atoms with E-state index in [1.54, 1.807) is 0 Å². The van der Waals surface area contributed by atoms with Crippen LogP contribution in [-0.2, 0) is 85.3 Å². The fraction of sp³-hybridized carbons (Fsp3) is 1.00. The van der Waals surface area contributed by atoms with E-state index >= 15 is 0 Å². The molecule has 110 heavy (non-hydrogen) atoms. The van der Waals surface area contributed by atoms with Crippen LogP contribution in [0.2, 0.25) is 0 Å². The van der Waals surface area contributed by atoms with E-state index in [4.69, 9.17) is 85.3 Å². The second-order valence-corrected chi connectivity index (χ2v) is 29.1. The van der Waals surface area contributed by atoms with Gasteiger partial charge in [-0.05, 0) is 25.7 Å². The summed E-state index contributed by atoms with van der Waals surface area (Å²) >= 11 is 0. The molecule has 0 amide bonds. The number of rotatable bonds is 71. The number of unbranched alkanes of at least 4 members (excludes halogenated alkanes) is 23. The molecule has 0 spiro atoms. The normalized spacial score (nSPS) is 29.2. The highest BCUT2D eigenvalue weighted by Gasteiger charge is 2.47. The first-order chi connectivity index (χ1) is 53.4. The molecule has 4 heterocycles. The van der Waals surface area contributed by atoms with Gasteiger partial charge in [-0.25, -0.2) is 0 Å². The molecule has 0 aromatic heterocycles. The van der Waals surface area contributed by atoms with E-state index < -0.39 is 168 Å². The molecule has 1 unspecified atom stereocenters. The van der Waals surface area contributed by atoms with Crippen LogP contribution in [0.4, 0.5) is 0 Å². The van der Waals surface area contributed by atoms with Crippen LogP contribution in [0.3, 0.4) is 0 Å². The van der Waals surface area contributed by atoms with E-state index in [2.05, 4.69) is 13.8 Å². The average molecular weight is 1600 g/mol. The highest BCUT2D eigenvalue weighted by Crippen LogP contribution is 2.27. The van der Waals surface area contributed by atoms with Crippen LogP contribution in [0.5, 0.6) is 0 Å². The summed E-state index contributed by atoms with van der Waals surface area (Å²) in [5, 5.41) is 163. The van der Waals surface area contributed by atoms with Gasteiger partial charge in [0.25, 0.3) is 0 Å². The highest BCUT2D eigenvalue weighted by atomic mass is 16.7. The van der Waals surface area contributed by atoms with Gasteiger partial charge >= 0.3 is 0 Å². The Morgan fingerprint density at radius 1 is 0.209 bits per heavy atom. The Bertz CT molecular complexity index is 1890. The maximum absolute atomic E-state index is 10.5. The minimum Gasteiger partial charge on any atom is -0.394 e. The van der Waals surface area contributed by atoms with Gasteiger partial charge in [-0.2, -0.15) is 0 Å². The Morgan fingerprint density at radius 3 is 0.664 bits per heavy atom. The third-order valence-corrected chi connectivity index (χ3v) is 19.8. The molecule has 0 aromatic carbocycles. The van der Waals surface area contributed by atoms with Crippen molar-refractivity contribution in [2.24, 2.45) is 0 Å². The van der Waals surface area contributed by atoms with Gasteiger partial charge in [0.2, 0.25) is 0 Å². The first-order valence-corrected chi connectivity index (χ1v) is 41.1. The molecule has 0 aliphatic carbocycles. The summed E-state index contributed by atoms with van der Waals surface area (Å²) in [4.78, 5) is 0. The standard InChI is InChI=1S/C76H146O34/c1-3-5-7-9-11-13-15-17-19-21-23-25-29-93-45-53(99-31-26-24-22-20-18-16-14-12-10-8-6-4-2)46-94-30-27-28-32-100-56(51-105-54(47-95-33-37-101-73-69(89)65(85)61(81)57(41-77)107-73)48-96-34-38-102-74-70(90)66(86)62(82)58(42-78)108-74)52-106-55(49-97-35-39-103-75-71(91)67(87)63(83)59(43-79)109-75)50-98-36-40-104-76-72(92)68(88)64(84)60(44-80)110-76/h53-92H,3-52H2,1-2H3/t53?,57-,58-,59-,60-,61-,62-,63-,64-,65+,66+,67+,68+,69+,70+,71+,72+,73+,74+,75+,76+/m1/s1. The largest absolute Gasteiger partial charge is 0.394 e. The van der Waals surface area contributed by atoms with Crippen LogP contribution in [-0.4, -0.2) is 388 Å². The number of aliphatic hydroxyl groups is 16. The fourth-order valence-corrected chi connectivity index (χ4v) is 12.9. The summed E-state index contributed by atoms with van der Waals surface area (Å²) in [7, 11) is 0. The monoisotopic (exact) mass is 1600 g/mol. The zero-order chi connectivity index (χ0) is 79.9. The van der Waals surface area contributed by atoms with Gasteiger partial charge in [0, 0.05) is 26.4 Å². The number of aliphatic hydroxyl groups excluding tert-OH is 16. The molecule has 0 saturated carbocycles. The smallest absolute Gasteiger partial charge is 0.186 e. The van der Waals surface area contributed by atoms with Crippen molar-refractivity contribution in [1.29, 1.82) is 0 Å². The Hall–Kier alpha value is -1.36. The molecule has 34 nitrogen and oxygen atoms in total. The predicted octanol–water partition coefficient (Wildman–Crippen LogP) is 0.0752. The first kappa shape index (κ1) is 101. The molecule has 34 heteroatoms. The van der Waals surface area contributed by atoms with E-state index in [1.807, 2.05) is 0 Å². The molecule has 4 rings (SSSR count). The van der Waals surface area contributed by atoms with Crippen molar-refractivity contribution >= 4 is 0 Å². The number of hydrogen-bond donors (Lipinski definition) is 16. The quantitative estimate of drug-likeness (QED) is 0.0358. The molecule has 21 atom stereocenters. The molecule has 654 valence electrons. The maximum Gasteiger partial charge on any atom is 0.186 e. The van der Waals surface area contributed by atoms with Gasteiger partial charge in [0.1, 0.15) is 122 Å². The molecular formula is C76H146O34.